The minimum absolute atomic E-state index is 0.0447. The zero-order valence-electron chi connectivity index (χ0n) is 10.7. The lowest BCUT2D eigenvalue weighted by Crippen LogP contribution is -2.48. The number of nitrogens with one attached hydrogen (secondary N) is 1. The van der Waals surface area contributed by atoms with Gasteiger partial charge in [-0.15, -0.1) is 11.8 Å². The molecule has 0 aliphatic carbocycles. The number of hydrogen-bond acceptors (Lipinski definition) is 3. The van der Waals surface area contributed by atoms with Crippen LogP contribution in [0.1, 0.15) is 20.3 Å². The highest BCUT2D eigenvalue weighted by Gasteiger charge is 2.23. The molecule has 0 aliphatic rings. The summed E-state index contributed by atoms with van der Waals surface area (Å²) in [6.07, 6.45) is 0.953. The van der Waals surface area contributed by atoms with Crippen LogP contribution < -0.4 is 5.32 Å². The second-order valence-corrected chi connectivity index (χ2v) is 5.53. The molecule has 0 saturated carbocycles. The van der Waals surface area contributed by atoms with E-state index in [1.165, 1.54) is 17.8 Å². The number of halogens is 2. The Labute approximate surface area is 111 Å². The van der Waals surface area contributed by atoms with Crippen LogP contribution in [-0.4, -0.2) is 29.5 Å². The Morgan fingerprint density at radius 2 is 2.11 bits per heavy atom. The monoisotopic (exact) mass is 275 g/mol. The molecule has 0 fully saturated rings. The molecule has 102 valence electrons. The van der Waals surface area contributed by atoms with Crippen LogP contribution in [0.4, 0.5) is 8.78 Å². The quantitative estimate of drug-likeness (QED) is 0.751. The lowest BCUT2D eigenvalue weighted by molar-refractivity contribution is 0.192. The lowest BCUT2D eigenvalue weighted by atomic mass is 10.1. The first kappa shape index (κ1) is 15.4. The van der Waals surface area contributed by atoms with Crippen molar-refractivity contribution in [3.63, 3.8) is 0 Å². The summed E-state index contributed by atoms with van der Waals surface area (Å²) in [5.41, 5.74) is -0.487. The Hall–Kier alpha value is -0.650. The summed E-state index contributed by atoms with van der Waals surface area (Å²) in [6, 6.07) is 3.39. The zero-order valence-corrected chi connectivity index (χ0v) is 11.5. The minimum atomic E-state index is -0.487. The van der Waals surface area contributed by atoms with E-state index in [-0.39, 0.29) is 11.5 Å². The van der Waals surface area contributed by atoms with Gasteiger partial charge in [0.2, 0.25) is 0 Å². The maximum absolute atomic E-state index is 13.4. The smallest absolute Gasteiger partial charge is 0.136 e. The van der Waals surface area contributed by atoms with Crippen LogP contribution in [0.15, 0.2) is 23.1 Å². The highest BCUT2D eigenvalue weighted by molar-refractivity contribution is 7.99. The average Bonchev–Trinajstić information content (AvgIpc) is 2.37. The van der Waals surface area contributed by atoms with Crippen molar-refractivity contribution in [2.45, 2.75) is 30.7 Å². The molecule has 0 amide bonds. The first-order valence-electron chi connectivity index (χ1n) is 5.94. The fraction of sp³-hybridized carbons (Fsp3) is 0.538. The van der Waals surface area contributed by atoms with E-state index in [1.54, 1.807) is 0 Å². The van der Waals surface area contributed by atoms with E-state index in [0.29, 0.717) is 5.75 Å². The van der Waals surface area contributed by atoms with Gasteiger partial charge in [-0.2, -0.15) is 0 Å². The van der Waals surface area contributed by atoms with E-state index in [4.69, 9.17) is 0 Å². The third-order valence-corrected chi connectivity index (χ3v) is 4.00. The number of aliphatic hydroxyl groups is 1. The number of hydrogen-bond donors (Lipinski definition) is 2. The summed E-state index contributed by atoms with van der Waals surface area (Å²) in [5.74, 6) is -0.410. The number of rotatable bonds is 7. The molecule has 1 unspecified atom stereocenters. The number of aliphatic hydroxyl groups excluding tert-OH is 1. The van der Waals surface area contributed by atoms with Gasteiger partial charge in [-0.3, -0.25) is 0 Å². The molecule has 1 atom stereocenters. The molecule has 5 heteroatoms. The van der Waals surface area contributed by atoms with Gasteiger partial charge in [-0.25, -0.2) is 8.78 Å². The molecule has 0 heterocycles. The van der Waals surface area contributed by atoms with E-state index in [2.05, 4.69) is 5.32 Å². The Morgan fingerprint density at radius 1 is 1.39 bits per heavy atom. The summed E-state index contributed by atoms with van der Waals surface area (Å²) in [7, 11) is 0. The molecule has 2 N–H and O–H groups in total. The molecule has 0 bridgehead atoms. The second kappa shape index (κ2) is 7.07. The van der Waals surface area contributed by atoms with Crippen molar-refractivity contribution in [3.8, 4) is 0 Å². The number of benzene rings is 1. The molecule has 0 saturated heterocycles. The molecule has 0 spiro atoms. The molecule has 0 radical (unpaired) electrons. The predicted molar refractivity (Wildman–Crippen MR) is 70.9 cm³/mol. The van der Waals surface area contributed by atoms with Crippen LogP contribution in [0.2, 0.25) is 0 Å². The Morgan fingerprint density at radius 3 is 2.72 bits per heavy atom. The lowest BCUT2D eigenvalue weighted by Gasteiger charge is -2.28. The van der Waals surface area contributed by atoms with Crippen molar-refractivity contribution in [3.05, 3.63) is 29.8 Å². The van der Waals surface area contributed by atoms with Crippen LogP contribution >= 0.6 is 11.8 Å². The van der Waals surface area contributed by atoms with Crippen molar-refractivity contribution in [2.75, 3.05) is 18.9 Å². The van der Waals surface area contributed by atoms with Gasteiger partial charge in [-0.05, 0) is 38.1 Å². The average molecular weight is 275 g/mol. The van der Waals surface area contributed by atoms with Gasteiger partial charge >= 0.3 is 0 Å². The van der Waals surface area contributed by atoms with Crippen LogP contribution in [-0.2, 0) is 0 Å². The fourth-order valence-corrected chi connectivity index (χ4v) is 2.47. The highest BCUT2D eigenvalue weighted by Crippen LogP contribution is 2.26. The van der Waals surface area contributed by atoms with Gasteiger partial charge in [0.05, 0.1) is 6.61 Å². The van der Waals surface area contributed by atoms with Gasteiger partial charge in [0.1, 0.15) is 11.6 Å². The summed E-state index contributed by atoms with van der Waals surface area (Å²) in [5, 5.41) is 12.6. The second-order valence-electron chi connectivity index (χ2n) is 4.51. The van der Waals surface area contributed by atoms with Crippen molar-refractivity contribution in [1.29, 1.82) is 0 Å². The Balaban J connectivity index is 2.64. The first-order valence-corrected chi connectivity index (χ1v) is 6.93. The molecule has 1 rings (SSSR count). The summed E-state index contributed by atoms with van der Waals surface area (Å²) in [6.45, 7) is 4.64. The fourth-order valence-electron chi connectivity index (χ4n) is 1.40. The van der Waals surface area contributed by atoms with E-state index in [0.717, 1.165) is 25.1 Å². The van der Waals surface area contributed by atoms with Crippen molar-refractivity contribution < 1.29 is 13.9 Å². The molecule has 0 aliphatic heterocycles. The normalized spacial score (nSPS) is 14.5. The van der Waals surface area contributed by atoms with Gasteiger partial charge in [0.15, 0.2) is 0 Å². The van der Waals surface area contributed by atoms with Crippen LogP contribution in [0.3, 0.4) is 0 Å². The Bertz CT molecular complexity index is 389. The van der Waals surface area contributed by atoms with Crippen molar-refractivity contribution in [1.82, 2.24) is 5.32 Å². The Kier molecular flexibility index (Phi) is 6.05. The third-order valence-electron chi connectivity index (χ3n) is 2.59. The molecular weight excluding hydrogens is 256 g/mol. The highest BCUT2D eigenvalue weighted by atomic mass is 32.2. The summed E-state index contributed by atoms with van der Waals surface area (Å²) >= 11 is 1.21. The van der Waals surface area contributed by atoms with Gasteiger partial charge in [0, 0.05) is 16.2 Å². The van der Waals surface area contributed by atoms with Crippen molar-refractivity contribution in [2.24, 2.45) is 0 Å². The minimum Gasteiger partial charge on any atom is -0.394 e. The zero-order chi connectivity index (χ0) is 13.6. The maximum atomic E-state index is 13.4. The van der Waals surface area contributed by atoms with Crippen LogP contribution in [0.5, 0.6) is 0 Å². The third kappa shape index (κ3) is 4.55. The maximum Gasteiger partial charge on any atom is 0.136 e. The van der Waals surface area contributed by atoms with Crippen LogP contribution in [0.25, 0.3) is 0 Å². The summed E-state index contributed by atoms with van der Waals surface area (Å²) in [4.78, 5) is 0.271. The standard InChI is InChI=1S/C13H19F2NOS/c1-3-6-16-13(2,8-17)9-18-12-7-10(14)4-5-11(12)15/h4-5,7,16-17H,3,6,8-9H2,1-2H3. The van der Waals surface area contributed by atoms with Gasteiger partial charge < -0.3 is 10.4 Å². The first-order chi connectivity index (χ1) is 8.50. The summed E-state index contributed by atoms with van der Waals surface area (Å²) < 4.78 is 26.4. The largest absolute Gasteiger partial charge is 0.394 e. The van der Waals surface area contributed by atoms with Gasteiger partial charge in [-0.1, -0.05) is 6.92 Å². The molecule has 1 aromatic rings. The molecule has 1 aromatic carbocycles. The molecular formula is C13H19F2NOS. The SMILES string of the molecule is CCCNC(C)(CO)CSc1cc(F)ccc1F. The van der Waals surface area contributed by atoms with E-state index in [9.17, 15) is 13.9 Å². The van der Waals surface area contributed by atoms with E-state index < -0.39 is 17.2 Å². The van der Waals surface area contributed by atoms with Gasteiger partial charge in [0.25, 0.3) is 0 Å². The molecule has 2 nitrogen and oxygen atoms in total. The predicted octanol–water partition coefficient (Wildman–Crippen LogP) is 2.81. The molecule has 18 heavy (non-hydrogen) atoms. The van der Waals surface area contributed by atoms with Crippen LogP contribution in [0, 0.1) is 11.6 Å². The van der Waals surface area contributed by atoms with Crippen molar-refractivity contribution >= 4 is 11.8 Å². The number of thioether (sulfide) groups is 1. The molecule has 0 aromatic heterocycles. The van der Waals surface area contributed by atoms with E-state index >= 15 is 0 Å². The topological polar surface area (TPSA) is 32.3 Å². The van der Waals surface area contributed by atoms with E-state index in [1.807, 2.05) is 13.8 Å².